The molecule has 110 valence electrons. The van der Waals surface area contributed by atoms with Crippen LogP contribution in [0.25, 0.3) is 0 Å². The van der Waals surface area contributed by atoms with Gasteiger partial charge in [-0.2, -0.15) is 0 Å². The van der Waals surface area contributed by atoms with Gasteiger partial charge in [-0.3, -0.25) is 10.1 Å². The Labute approximate surface area is 121 Å². The van der Waals surface area contributed by atoms with Crippen molar-refractivity contribution in [2.75, 3.05) is 17.3 Å². The van der Waals surface area contributed by atoms with Gasteiger partial charge in [-0.05, 0) is 36.4 Å². The molecule has 2 aromatic rings. The van der Waals surface area contributed by atoms with E-state index in [-0.39, 0.29) is 22.0 Å². The highest BCUT2D eigenvalue weighted by molar-refractivity contribution is 7.90. The van der Waals surface area contributed by atoms with E-state index in [2.05, 4.69) is 5.32 Å². The maximum Gasteiger partial charge on any atom is 0.315 e. The number of benzene rings is 2. The number of nitrogens with two attached hydrogens (primary N) is 1. The third kappa shape index (κ3) is 3.29. The summed E-state index contributed by atoms with van der Waals surface area (Å²) in [6, 6.07) is 10.5. The summed E-state index contributed by atoms with van der Waals surface area (Å²) in [7, 11) is -3.28. The molecule has 0 atom stereocenters. The second-order valence-electron chi connectivity index (χ2n) is 4.42. The summed E-state index contributed by atoms with van der Waals surface area (Å²) in [4.78, 5) is 10.6. The molecule has 3 N–H and O–H groups in total. The number of nitro groups is 1. The topological polar surface area (TPSA) is 115 Å². The van der Waals surface area contributed by atoms with Gasteiger partial charge < -0.3 is 11.1 Å². The molecule has 0 heterocycles. The smallest absolute Gasteiger partial charge is 0.315 e. The molecule has 21 heavy (non-hydrogen) atoms. The van der Waals surface area contributed by atoms with Gasteiger partial charge in [0.05, 0.1) is 9.82 Å². The molecule has 0 radical (unpaired) electrons. The summed E-state index contributed by atoms with van der Waals surface area (Å²) in [6.45, 7) is 0. The molecule has 0 unspecified atom stereocenters. The molecule has 0 spiro atoms. The molecule has 0 saturated heterocycles. The number of hydrogen-bond acceptors (Lipinski definition) is 6. The molecular weight excluding hydrogens is 294 g/mol. The third-order valence-electron chi connectivity index (χ3n) is 2.81. The van der Waals surface area contributed by atoms with Crippen LogP contribution in [0.5, 0.6) is 0 Å². The standard InChI is InChI=1S/C13H13N3O4S/c1-21(19,20)10-7-5-9(6-8-10)15-12-4-2-3-11(14)13(12)16(17)18/h2-8,15H,14H2,1H3. The molecule has 0 bridgehead atoms. The zero-order chi connectivity index (χ0) is 15.6. The molecule has 2 rings (SSSR count). The van der Waals surface area contributed by atoms with Crippen LogP contribution in [0, 0.1) is 10.1 Å². The summed E-state index contributed by atoms with van der Waals surface area (Å²) >= 11 is 0. The Morgan fingerprint density at radius 3 is 2.29 bits per heavy atom. The second-order valence-corrected chi connectivity index (χ2v) is 6.44. The first kappa shape index (κ1) is 14.8. The Kier molecular flexibility index (Phi) is 3.81. The lowest BCUT2D eigenvalue weighted by atomic mass is 10.2. The lowest BCUT2D eigenvalue weighted by Crippen LogP contribution is -2.01. The van der Waals surface area contributed by atoms with Gasteiger partial charge in [-0.25, -0.2) is 8.42 Å². The summed E-state index contributed by atoms with van der Waals surface area (Å²) in [5, 5.41) is 13.9. The van der Waals surface area contributed by atoms with E-state index in [0.717, 1.165) is 6.26 Å². The van der Waals surface area contributed by atoms with Crippen molar-refractivity contribution >= 4 is 32.6 Å². The highest BCUT2D eigenvalue weighted by Crippen LogP contribution is 2.32. The molecule has 7 nitrogen and oxygen atoms in total. The van der Waals surface area contributed by atoms with Crippen LogP contribution in [0.2, 0.25) is 0 Å². The average Bonchev–Trinajstić information content (AvgIpc) is 2.38. The fourth-order valence-electron chi connectivity index (χ4n) is 1.81. The molecule has 0 saturated carbocycles. The van der Waals surface area contributed by atoms with Gasteiger partial charge in [-0.15, -0.1) is 0 Å². The van der Waals surface area contributed by atoms with Crippen LogP contribution < -0.4 is 11.1 Å². The number of nitrogens with one attached hydrogen (secondary N) is 1. The van der Waals surface area contributed by atoms with Crippen molar-refractivity contribution in [3.63, 3.8) is 0 Å². The number of nitro benzene ring substituents is 1. The van der Waals surface area contributed by atoms with Crippen molar-refractivity contribution in [3.05, 3.63) is 52.6 Å². The first-order valence-electron chi connectivity index (χ1n) is 5.89. The molecule has 0 aliphatic carbocycles. The Balaban J connectivity index is 2.35. The second kappa shape index (κ2) is 5.41. The number of rotatable bonds is 4. The number of para-hydroxylation sites is 1. The zero-order valence-electron chi connectivity index (χ0n) is 11.1. The highest BCUT2D eigenvalue weighted by atomic mass is 32.2. The molecule has 2 aromatic carbocycles. The van der Waals surface area contributed by atoms with E-state index < -0.39 is 14.8 Å². The first-order chi connectivity index (χ1) is 9.79. The Morgan fingerprint density at radius 2 is 1.76 bits per heavy atom. The largest absolute Gasteiger partial charge is 0.393 e. The van der Waals surface area contributed by atoms with E-state index in [1.807, 2.05) is 0 Å². The van der Waals surface area contributed by atoms with Gasteiger partial charge >= 0.3 is 5.69 Å². The van der Waals surface area contributed by atoms with Gasteiger partial charge in [-0.1, -0.05) is 6.07 Å². The van der Waals surface area contributed by atoms with Crippen molar-refractivity contribution < 1.29 is 13.3 Å². The van der Waals surface area contributed by atoms with Crippen molar-refractivity contribution in [2.45, 2.75) is 4.90 Å². The van der Waals surface area contributed by atoms with E-state index in [1.54, 1.807) is 6.07 Å². The Hall–Kier alpha value is -2.61. The maximum absolute atomic E-state index is 11.4. The lowest BCUT2D eigenvalue weighted by Gasteiger charge is -2.09. The zero-order valence-corrected chi connectivity index (χ0v) is 11.9. The van der Waals surface area contributed by atoms with Crippen LogP contribution in [0.4, 0.5) is 22.7 Å². The quantitative estimate of drug-likeness (QED) is 0.509. The van der Waals surface area contributed by atoms with Gasteiger partial charge in [0.25, 0.3) is 0 Å². The van der Waals surface area contributed by atoms with Crippen LogP contribution in [0.15, 0.2) is 47.4 Å². The average molecular weight is 307 g/mol. The molecular formula is C13H13N3O4S. The van der Waals surface area contributed by atoms with E-state index in [4.69, 9.17) is 5.73 Å². The van der Waals surface area contributed by atoms with Gasteiger partial charge in [0.15, 0.2) is 9.84 Å². The fraction of sp³-hybridized carbons (Fsp3) is 0.0769. The van der Waals surface area contributed by atoms with E-state index >= 15 is 0 Å². The highest BCUT2D eigenvalue weighted by Gasteiger charge is 2.17. The molecule has 0 aliphatic heterocycles. The van der Waals surface area contributed by atoms with E-state index in [9.17, 15) is 18.5 Å². The van der Waals surface area contributed by atoms with Crippen molar-refractivity contribution in [1.82, 2.24) is 0 Å². The predicted octanol–water partition coefficient (Wildman–Crippen LogP) is 2.32. The van der Waals surface area contributed by atoms with Crippen molar-refractivity contribution in [3.8, 4) is 0 Å². The van der Waals surface area contributed by atoms with Crippen LogP contribution in [-0.4, -0.2) is 19.6 Å². The molecule has 0 amide bonds. The minimum Gasteiger partial charge on any atom is -0.393 e. The van der Waals surface area contributed by atoms with Crippen LogP contribution in [0.3, 0.4) is 0 Å². The van der Waals surface area contributed by atoms with Crippen LogP contribution >= 0.6 is 0 Å². The van der Waals surface area contributed by atoms with Crippen LogP contribution in [0.1, 0.15) is 0 Å². The minimum absolute atomic E-state index is 0.0535. The number of hydrogen-bond donors (Lipinski definition) is 2. The predicted molar refractivity (Wildman–Crippen MR) is 80.3 cm³/mol. The Morgan fingerprint density at radius 1 is 1.14 bits per heavy atom. The number of nitrogen functional groups attached to an aromatic ring is 1. The summed E-state index contributed by atoms with van der Waals surface area (Å²) in [6.07, 6.45) is 1.11. The van der Waals surface area contributed by atoms with E-state index in [0.29, 0.717) is 5.69 Å². The maximum atomic E-state index is 11.4. The van der Waals surface area contributed by atoms with E-state index in [1.165, 1.54) is 36.4 Å². The first-order valence-corrected chi connectivity index (χ1v) is 7.78. The van der Waals surface area contributed by atoms with Crippen LogP contribution in [-0.2, 0) is 9.84 Å². The molecule has 0 aliphatic rings. The molecule has 8 heteroatoms. The summed E-state index contributed by atoms with van der Waals surface area (Å²) in [5.41, 5.74) is 6.20. The lowest BCUT2D eigenvalue weighted by molar-refractivity contribution is -0.383. The third-order valence-corrected chi connectivity index (χ3v) is 3.94. The van der Waals surface area contributed by atoms with Gasteiger partial charge in [0.2, 0.25) is 0 Å². The van der Waals surface area contributed by atoms with Crippen molar-refractivity contribution in [1.29, 1.82) is 0 Å². The monoisotopic (exact) mass is 307 g/mol. The summed E-state index contributed by atoms with van der Waals surface area (Å²) in [5.74, 6) is 0. The number of anilines is 3. The SMILES string of the molecule is CS(=O)(=O)c1ccc(Nc2cccc(N)c2[N+](=O)[O-])cc1. The minimum atomic E-state index is -3.28. The van der Waals surface area contributed by atoms with Crippen molar-refractivity contribution in [2.24, 2.45) is 0 Å². The number of sulfone groups is 1. The summed E-state index contributed by atoms with van der Waals surface area (Å²) < 4.78 is 22.7. The fourth-order valence-corrected chi connectivity index (χ4v) is 2.44. The van der Waals surface area contributed by atoms with Gasteiger partial charge in [0, 0.05) is 11.9 Å². The Bertz CT molecular complexity index is 786. The van der Waals surface area contributed by atoms with Gasteiger partial charge in [0.1, 0.15) is 11.4 Å². The molecule has 0 aromatic heterocycles. The normalized spacial score (nSPS) is 11.1. The number of nitrogens with zero attached hydrogens (tertiary/aromatic N) is 1. The molecule has 0 fully saturated rings.